The van der Waals surface area contributed by atoms with Gasteiger partial charge in [0.2, 0.25) is 0 Å². The number of anilines is 1. The van der Waals surface area contributed by atoms with Gasteiger partial charge in [0.05, 0.1) is 24.1 Å². The maximum atomic E-state index is 5.70. The van der Waals surface area contributed by atoms with E-state index >= 15 is 0 Å². The molecule has 1 aromatic heterocycles. The van der Waals surface area contributed by atoms with Crippen LogP contribution in [0.15, 0.2) is 12.4 Å². The van der Waals surface area contributed by atoms with Gasteiger partial charge in [0.15, 0.2) is 0 Å². The standard InChI is InChI=1S/C12H19N3O/c1-4-11-5-13-6-12(14-11)15-7-9(2)16-10(3)8-15/h5-6,9-10H,4,7-8H2,1-3H3/t9-,10+. The first-order valence-corrected chi connectivity index (χ1v) is 5.90. The van der Waals surface area contributed by atoms with Crippen molar-refractivity contribution in [2.45, 2.75) is 39.4 Å². The maximum Gasteiger partial charge on any atom is 0.147 e. The van der Waals surface area contributed by atoms with Crippen LogP contribution in [0.4, 0.5) is 5.82 Å². The fourth-order valence-corrected chi connectivity index (χ4v) is 2.08. The number of nitrogens with zero attached hydrogens (tertiary/aromatic N) is 3. The highest BCUT2D eigenvalue weighted by Gasteiger charge is 2.23. The van der Waals surface area contributed by atoms with Crippen molar-refractivity contribution in [3.63, 3.8) is 0 Å². The van der Waals surface area contributed by atoms with Crippen molar-refractivity contribution in [3.8, 4) is 0 Å². The largest absolute Gasteiger partial charge is 0.372 e. The predicted octanol–water partition coefficient (Wildman–Crippen LogP) is 1.65. The van der Waals surface area contributed by atoms with E-state index in [-0.39, 0.29) is 12.2 Å². The molecular formula is C12H19N3O. The monoisotopic (exact) mass is 221 g/mol. The number of rotatable bonds is 2. The third-order valence-corrected chi connectivity index (χ3v) is 2.78. The van der Waals surface area contributed by atoms with Gasteiger partial charge < -0.3 is 9.64 Å². The summed E-state index contributed by atoms with van der Waals surface area (Å²) in [6, 6.07) is 0. The molecule has 1 aliphatic rings. The average molecular weight is 221 g/mol. The van der Waals surface area contributed by atoms with Crippen LogP contribution in [0.2, 0.25) is 0 Å². The number of ether oxygens (including phenoxy) is 1. The topological polar surface area (TPSA) is 38.2 Å². The molecule has 0 bridgehead atoms. The van der Waals surface area contributed by atoms with E-state index < -0.39 is 0 Å². The second-order valence-corrected chi connectivity index (χ2v) is 4.38. The van der Waals surface area contributed by atoms with Gasteiger partial charge in [0.25, 0.3) is 0 Å². The Labute approximate surface area is 96.7 Å². The van der Waals surface area contributed by atoms with Crippen molar-refractivity contribution in [2.24, 2.45) is 0 Å². The summed E-state index contributed by atoms with van der Waals surface area (Å²) in [7, 11) is 0. The van der Waals surface area contributed by atoms with Gasteiger partial charge in [-0.25, -0.2) is 4.98 Å². The van der Waals surface area contributed by atoms with E-state index in [0.29, 0.717) is 0 Å². The van der Waals surface area contributed by atoms with Gasteiger partial charge in [-0.3, -0.25) is 4.98 Å². The Kier molecular flexibility index (Phi) is 3.39. The van der Waals surface area contributed by atoms with E-state index in [1.807, 2.05) is 12.4 Å². The quantitative estimate of drug-likeness (QED) is 0.761. The first-order valence-electron chi connectivity index (χ1n) is 5.90. The molecule has 2 atom stereocenters. The molecule has 0 spiro atoms. The second-order valence-electron chi connectivity index (χ2n) is 4.38. The molecule has 0 aliphatic carbocycles. The van der Waals surface area contributed by atoms with Gasteiger partial charge in [-0.05, 0) is 20.3 Å². The lowest BCUT2D eigenvalue weighted by Crippen LogP contribution is -2.45. The molecule has 0 aromatic carbocycles. The third kappa shape index (κ3) is 2.50. The summed E-state index contributed by atoms with van der Waals surface area (Å²) >= 11 is 0. The molecule has 0 N–H and O–H groups in total. The molecule has 1 saturated heterocycles. The van der Waals surface area contributed by atoms with Gasteiger partial charge in [-0.2, -0.15) is 0 Å². The molecule has 0 radical (unpaired) electrons. The first-order chi connectivity index (χ1) is 7.69. The SMILES string of the molecule is CCc1cncc(N2C[C@@H](C)O[C@@H](C)C2)n1. The van der Waals surface area contributed by atoms with Crippen LogP contribution in [0.1, 0.15) is 26.5 Å². The van der Waals surface area contributed by atoms with Crippen LogP contribution >= 0.6 is 0 Å². The highest BCUT2D eigenvalue weighted by atomic mass is 16.5. The van der Waals surface area contributed by atoms with Crippen LogP contribution in [0, 0.1) is 0 Å². The molecule has 1 aliphatic heterocycles. The number of morpholine rings is 1. The highest BCUT2D eigenvalue weighted by Crippen LogP contribution is 2.17. The molecule has 1 fully saturated rings. The van der Waals surface area contributed by atoms with E-state index in [1.165, 1.54) is 0 Å². The Balaban J connectivity index is 2.16. The van der Waals surface area contributed by atoms with Crippen LogP contribution in [-0.2, 0) is 11.2 Å². The Morgan fingerprint density at radius 2 is 2.00 bits per heavy atom. The zero-order chi connectivity index (χ0) is 11.5. The molecule has 16 heavy (non-hydrogen) atoms. The summed E-state index contributed by atoms with van der Waals surface area (Å²) < 4.78 is 5.70. The average Bonchev–Trinajstić information content (AvgIpc) is 2.28. The summed E-state index contributed by atoms with van der Waals surface area (Å²) in [4.78, 5) is 11.1. The minimum atomic E-state index is 0.260. The van der Waals surface area contributed by atoms with E-state index in [9.17, 15) is 0 Å². The van der Waals surface area contributed by atoms with Crippen LogP contribution in [0.5, 0.6) is 0 Å². The Morgan fingerprint density at radius 3 is 2.62 bits per heavy atom. The van der Waals surface area contributed by atoms with Gasteiger partial charge in [-0.1, -0.05) is 6.92 Å². The van der Waals surface area contributed by atoms with E-state index in [1.54, 1.807) is 0 Å². The molecule has 88 valence electrons. The normalized spacial score (nSPS) is 25.8. The lowest BCUT2D eigenvalue weighted by molar-refractivity contribution is -0.00548. The minimum absolute atomic E-state index is 0.260. The maximum absolute atomic E-state index is 5.70. The summed E-state index contributed by atoms with van der Waals surface area (Å²) in [6.07, 6.45) is 5.11. The predicted molar refractivity (Wildman–Crippen MR) is 63.6 cm³/mol. The molecule has 0 saturated carbocycles. The Hall–Kier alpha value is -1.16. The van der Waals surface area contributed by atoms with Crippen molar-refractivity contribution in [2.75, 3.05) is 18.0 Å². The Morgan fingerprint density at radius 1 is 1.31 bits per heavy atom. The molecule has 0 unspecified atom stereocenters. The van der Waals surface area contributed by atoms with Gasteiger partial charge in [0.1, 0.15) is 5.82 Å². The number of hydrogen-bond donors (Lipinski definition) is 0. The van der Waals surface area contributed by atoms with Crippen molar-refractivity contribution in [1.29, 1.82) is 0 Å². The van der Waals surface area contributed by atoms with Gasteiger partial charge in [-0.15, -0.1) is 0 Å². The Bertz CT molecular complexity index is 346. The number of aromatic nitrogens is 2. The van der Waals surface area contributed by atoms with Crippen molar-refractivity contribution in [1.82, 2.24) is 9.97 Å². The molecule has 2 heterocycles. The van der Waals surface area contributed by atoms with Crippen molar-refractivity contribution >= 4 is 5.82 Å². The fourth-order valence-electron chi connectivity index (χ4n) is 2.08. The van der Waals surface area contributed by atoms with Crippen LogP contribution in [0.25, 0.3) is 0 Å². The van der Waals surface area contributed by atoms with E-state index in [2.05, 4.69) is 35.6 Å². The molecule has 0 amide bonds. The molecule has 4 heteroatoms. The zero-order valence-corrected chi connectivity index (χ0v) is 10.2. The molecular weight excluding hydrogens is 202 g/mol. The summed E-state index contributed by atoms with van der Waals surface area (Å²) in [5, 5.41) is 0. The smallest absolute Gasteiger partial charge is 0.147 e. The minimum Gasteiger partial charge on any atom is -0.372 e. The summed E-state index contributed by atoms with van der Waals surface area (Å²) in [5.41, 5.74) is 1.05. The number of hydrogen-bond acceptors (Lipinski definition) is 4. The van der Waals surface area contributed by atoms with E-state index in [0.717, 1.165) is 31.0 Å². The van der Waals surface area contributed by atoms with E-state index in [4.69, 9.17) is 4.74 Å². The second kappa shape index (κ2) is 4.78. The highest BCUT2D eigenvalue weighted by molar-refractivity contribution is 5.37. The number of aryl methyl sites for hydroxylation is 1. The first kappa shape index (κ1) is 11.3. The third-order valence-electron chi connectivity index (χ3n) is 2.78. The lowest BCUT2D eigenvalue weighted by Gasteiger charge is -2.35. The molecule has 2 rings (SSSR count). The van der Waals surface area contributed by atoms with Gasteiger partial charge in [0, 0.05) is 19.3 Å². The fraction of sp³-hybridized carbons (Fsp3) is 0.667. The zero-order valence-electron chi connectivity index (χ0n) is 10.2. The van der Waals surface area contributed by atoms with Crippen LogP contribution in [0.3, 0.4) is 0 Å². The van der Waals surface area contributed by atoms with Crippen LogP contribution < -0.4 is 4.90 Å². The van der Waals surface area contributed by atoms with Crippen molar-refractivity contribution in [3.05, 3.63) is 18.1 Å². The van der Waals surface area contributed by atoms with Crippen molar-refractivity contribution < 1.29 is 4.74 Å². The molecule has 4 nitrogen and oxygen atoms in total. The molecule has 1 aromatic rings. The lowest BCUT2D eigenvalue weighted by atomic mass is 10.2. The summed E-state index contributed by atoms with van der Waals surface area (Å²) in [5.74, 6) is 0.973. The van der Waals surface area contributed by atoms with Crippen LogP contribution in [-0.4, -0.2) is 35.3 Å². The summed E-state index contributed by atoms with van der Waals surface area (Å²) in [6.45, 7) is 8.08. The van der Waals surface area contributed by atoms with Gasteiger partial charge >= 0.3 is 0 Å².